The van der Waals surface area contributed by atoms with Gasteiger partial charge in [0.1, 0.15) is 11.8 Å². The van der Waals surface area contributed by atoms with Crippen LogP contribution in [0.1, 0.15) is 63.1 Å². The van der Waals surface area contributed by atoms with E-state index in [4.69, 9.17) is 4.74 Å². The third kappa shape index (κ3) is 6.22. The third-order valence-electron chi connectivity index (χ3n) is 6.00. The molecule has 3 aromatic carbocycles. The van der Waals surface area contributed by atoms with E-state index in [2.05, 4.69) is 117 Å². The van der Waals surface area contributed by atoms with Gasteiger partial charge in [0.15, 0.2) is 0 Å². The summed E-state index contributed by atoms with van der Waals surface area (Å²) >= 11 is 0. The normalized spacial score (nSPS) is 12.4. The van der Waals surface area contributed by atoms with Crippen LogP contribution in [0.4, 0.5) is 0 Å². The molecule has 0 fully saturated rings. The molecular formula is C29H38ClNO. The van der Waals surface area contributed by atoms with Crippen LogP contribution in [-0.4, -0.2) is 24.2 Å². The number of hydrogen-bond acceptors (Lipinski definition) is 2. The molecule has 1 atom stereocenters. The van der Waals surface area contributed by atoms with Gasteiger partial charge >= 0.3 is 0 Å². The molecule has 0 amide bonds. The molecule has 2 nitrogen and oxygen atoms in total. The van der Waals surface area contributed by atoms with Gasteiger partial charge in [-0.2, -0.15) is 0 Å². The van der Waals surface area contributed by atoms with E-state index < -0.39 is 5.60 Å². The Morgan fingerprint density at radius 3 is 1.31 bits per heavy atom. The molecule has 0 saturated heterocycles. The molecule has 0 aliphatic rings. The van der Waals surface area contributed by atoms with E-state index in [-0.39, 0.29) is 18.6 Å². The number of ether oxygens (including phenoxy) is 1. The van der Waals surface area contributed by atoms with E-state index in [0.29, 0.717) is 0 Å². The number of nitrogens with zero attached hydrogens (tertiary/aromatic N) is 1. The summed E-state index contributed by atoms with van der Waals surface area (Å²) in [4.78, 5) is 2.51. The van der Waals surface area contributed by atoms with Crippen LogP contribution in [-0.2, 0) is 10.3 Å². The molecule has 3 aromatic rings. The molecule has 0 bridgehead atoms. The van der Waals surface area contributed by atoms with E-state index >= 15 is 0 Å². The zero-order chi connectivity index (χ0) is 21.9. The Labute approximate surface area is 201 Å². The van der Waals surface area contributed by atoms with Crippen molar-refractivity contribution in [2.24, 2.45) is 0 Å². The van der Waals surface area contributed by atoms with Crippen LogP contribution in [0.5, 0.6) is 0 Å². The molecule has 0 N–H and O–H groups in total. The second-order valence-corrected chi connectivity index (χ2v) is 8.24. The van der Waals surface area contributed by atoms with Gasteiger partial charge in [-0.05, 0) is 36.5 Å². The van der Waals surface area contributed by atoms with Crippen molar-refractivity contribution in [1.82, 2.24) is 4.90 Å². The van der Waals surface area contributed by atoms with Crippen LogP contribution < -0.4 is 0 Å². The summed E-state index contributed by atoms with van der Waals surface area (Å²) in [5.41, 5.74) is 2.81. The van der Waals surface area contributed by atoms with Gasteiger partial charge in [-0.15, -0.1) is 12.4 Å². The largest absolute Gasteiger partial charge is 0.343 e. The number of rotatable bonds is 12. The minimum absolute atomic E-state index is 0. The van der Waals surface area contributed by atoms with E-state index in [9.17, 15) is 0 Å². The Morgan fingerprint density at radius 1 is 0.656 bits per heavy atom. The first-order valence-corrected chi connectivity index (χ1v) is 11.8. The topological polar surface area (TPSA) is 12.5 Å². The van der Waals surface area contributed by atoms with Gasteiger partial charge in [0.05, 0.1) is 0 Å². The van der Waals surface area contributed by atoms with Gasteiger partial charge in [-0.3, -0.25) is 4.90 Å². The van der Waals surface area contributed by atoms with E-state index in [1.165, 1.54) is 25.7 Å². The summed E-state index contributed by atoms with van der Waals surface area (Å²) in [6.45, 7) is 8.85. The van der Waals surface area contributed by atoms with Crippen LogP contribution in [0.2, 0.25) is 0 Å². The highest BCUT2D eigenvalue weighted by atomic mass is 35.5. The van der Waals surface area contributed by atoms with Gasteiger partial charge in [0.25, 0.3) is 0 Å². The molecule has 0 spiro atoms. The third-order valence-corrected chi connectivity index (χ3v) is 6.00. The molecule has 0 aromatic heterocycles. The van der Waals surface area contributed by atoms with E-state index in [1.54, 1.807) is 0 Å². The monoisotopic (exact) mass is 451 g/mol. The number of unbranched alkanes of at least 4 members (excludes halogenated alkanes) is 2. The number of hydrogen-bond donors (Lipinski definition) is 0. The van der Waals surface area contributed by atoms with Crippen LogP contribution in [0.25, 0.3) is 0 Å². The van der Waals surface area contributed by atoms with Crippen molar-refractivity contribution in [3.63, 3.8) is 0 Å². The van der Waals surface area contributed by atoms with Crippen molar-refractivity contribution >= 4 is 12.4 Å². The summed E-state index contributed by atoms with van der Waals surface area (Å²) in [5.74, 6) is 0. The predicted octanol–water partition coefficient (Wildman–Crippen LogP) is 7.67. The molecule has 3 rings (SSSR count). The molecule has 172 valence electrons. The standard InChI is InChI=1S/C29H37NO.ClH/c1-4-6-23-30(24-7-5-2)25(3)31-29(26-17-11-8-12-18-26,27-19-13-9-14-20-27)28-21-15-10-16-22-28;/h8-22,25H,4-7,23-24H2,1-3H3;1H. The Balaban J connectivity index is 0.00000363. The van der Waals surface area contributed by atoms with Gasteiger partial charge in [0.2, 0.25) is 0 Å². The Hall–Kier alpha value is -2.13. The van der Waals surface area contributed by atoms with Crippen molar-refractivity contribution in [3.8, 4) is 0 Å². The highest BCUT2D eigenvalue weighted by Crippen LogP contribution is 2.41. The Kier molecular flexibility index (Phi) is 11.0. The highest BCUT2D eigenvalue weighted by Gasteiger charge is 2.39. The number of benzene rings is 3. The summed E-state index contributed by atoms with van der Waals surface area (Å²) < 4.78 is 7.18. The molecule has 0 heterocycles. The quantitative estimate of drug-likeness (QED) is 0.207. The molecule has 1 unspecified atom stereocenters. The number of halogens is 1. The maximum absolute atomic E-state index is 7.18. The van der Waals surface area contributed by atoms with Crippen LogP contribution in [0.15, 0.2) is 91.0 Å². The van der Waals surface area contributed by atoms with Crippen LogP contribution >= 0.6 is 12.4 Å². The first-order chi connectivity index (χ1) is 15.2. The molecule has 0 aliphatic heterocycles. The fraction of sp³-hybridized carbons (Fsp3) is 0.379. The van der Waals surface area contributed by atoms with Gasteiger partial charge in [-0.1, -0.05) is 118 Å². The Bertz CT molecular complexity index is 765. The highest BCUT2D eigenvalue weighted by molar-refractivity contribution is 5.85. The molecule has 0 aliphatic carbocycles. The Morgan fingerprint density at radius 2 is 1.00 bits per heavy atom. The molecule has 3 heteroatoms. The summed E-state index contributed by atoms with van der Waals surface area (Å²) in [5, 5.41) is 0. The fourth-order valence-electron chi connectivity index (χ4n) is 4.25. The van der Waals surface area contributed by atoms with Crippen molar-refractivity contribution in [2.75, 3.05) is 13.1 Å². The zero-order valence-corrected chi connectivity index (χ0v) is 20.6. The smallest absolute Gasteiger partial charge is 0.145 e. The van der Waals surface area contributed by atoms with Gasteiger partial charge in [-0.25, -0.2) is 0 Å². The molecule has 32 heavy (non-hydrogen) atoms. The molecule has 0 saturated carbocycles. The minimum Gasteiger partial charge on any atom is -0.343 e. The SMILES string of the molecule is CCCCN(CCCC)C(C)OC(c1ccccc1)(c1ccccc1)c1ccccc1.Cl. The second kappa shape index (κ2) is 13.4. The lowest BCUT2D eigenvalue weighted by molar-refractivity contribution is -0.116. The molecular weight excluding hydrogens is 414 g/mol. The van der Waals surface area contributed by atoms with Crippen molar-refractivity contribution < 1.29 is 4.74 Å². The zero-order valence-electron chi connectivity index (χ0n) is 19.7. The molecule has 0 radical (unpaired) electrons. The average Bonchev–Trinajstić information content (AvgIpc) is 2.84. The maximum atomic E-state index is 7.18. The average molecular weight is 452 g/mol. The van der Waals surface area contributed by atoms with Crippen LogP contribution in [0, 0.1) is 0 Å². The maximum Gasteiger partial charge on any atom is 0.145 e. The lowest BCUT2D eigenvalue weighted by atomic mass is 9.80. The van der Waals surface area contributed by atoms with E-state index in [1.807, 2.05) is 0 Å². The first kappa shape index (κ1) is 26.1. The lowest BCUT2D eigenvalue weighted by Crippen LogP contribution is -2.44. The first-order valence-electron chi connectivity index (χ1n) is 11.8. The lowest BCUT2D eigenvalue weighted by Gasteiger charge is -2.41. The van der Waals surface area contributed by atoms with Crippen molar-refractivity contribution in [1.29, 1.82) is 0 Å². The predicted molar refractivity (Wildman–Crippen MR) is 138 cm³/mol. The second-order valence-electron chi connectivity index (χ2n) is 8.24. The van der Waals surface area contributed by atoms with Gasteiger partial charge < -0.3 is 4.74 Å². The van der Waals surface area contributed by atoms with Crippen molar-refractivity contribution in [3.05, 3.63) is 108 Å². The summed E-state index contributed by atoms with van der Waals surface area (Å²) in [6, 6.07) is 32.0. The van der Waals surface area contributed by atoms with Crippen molar-refractivity contribution in [2.45, 2.75) is 58.3 Å². The summed E-state index contributed by atoms with van der Waals surface area (Å²) in [6.07, 6.45) is 4.74. The van der Waals surface area contributed by atoms with Crippen LogP contribution in [0.3, 0.4) is 0 Å². The van der Waals surface area contributed by atoms with E-state index in [0.717, 1.165) is 29.8 Å². The summed E-state index contributed by atoms with van der Waals surface area (Å²) in [7, 11) is 0. The fourth-order valence-corrected chi connectivity index (χ4v) is 4.25. The van der Waals surface area contributed by atoms with Gasteiger partial charge in [0, 0.05) is 13.1 Å². The minimum atomic E-state index is -0.667.